The molecule has 0 bridgehead atoms. The second-order valence-corrected chi connectivity index (χ2v) is 9.14. The molecule has 0 aliphatic carbocycles. The van der Waals surface area contributed by atoms with Crippen LogP contribution >= 0.6 is 0 Å². The molecule has 2 atom stereocenters. The Hall–Kier alpha value is -2.85. The van der Waals surface area contributed by atoms with Gasteiger partial charge in [0.2, 0.25) is 17.7 Å². The lowest BCUT2D eigenvalue weighted by molar-refractivity contribution is -0.130. The Morgan fingerprint density at radius 3 is 2.26 bits per heavy atom. The monoisotopic (exact) mass is 428 g/mol. The van der Waals surface area contributed by atoms with E-state index in [0.29, 0.717) is 19.4 Å². The molecule has 3 amide bonds. The van der Waals surface area contributed by atoms with Crippen molar-refractivity contribution in [3.8, 4) is 11.8 Å². The summed E-state index contributed by atoms with van der Waals surface area (Å²) in [5, 5.41) is 5.73. The third-order valence-corrected chi connectivity index (χ3v) is 4.46. The fourth-order valence-corrected chi connectivity index (χ4v) is 2.68. The smallest absolute Gasteiger partial charge is 0.243 e. The molecular weight excluding hydrogens is 392 g/mol. The largest absolute Gasteiger partial charge is 0.369 e. The Balaban J connectivity index is 2.86. The Morgan fingerprint density at radius 2 is 1.74 bits per heavy atom. The second kappa shape index (κ2) is 12.1. The Labute approximate surface area is 186 Å². The van der Waals surface area contributed by atoms with Crippen molar-refractivity contribution in [3.05, 3.63) is 35.4 Å². The van der Waals surface area contributed by atoms with Gasteiger partial charge >= 0.3 is 0 Å². The van der Waals surface area contributed by atoms with E-state index >= 15 is 0 Å². The molecule has 0 aliphatic rings. The van der Waals surface area contributed by atoms with Gasteiger partial charge in [-0.05, 0) is 59.0 Å². The second-order valence-electron chi connectivity index (χ2n) is 9.14. The van der Waals surface area contributed by atoms with Crippen LogP contribution in [0, 0.1) is 17.8 Å². The van der Waals surface area contributed by atoms with Gasteiger partial charge in [-0.1, -0.05) is 30.9 Å². The van der Waals surface area contributed by atoms with Crippen LogP contribution in [0.1, 0.15) is 51.7 Å². The highest BCUT2D eigenvalue weighted by Gasteiger charge is 2.25. The van der Waals surface area contributed by atoms with Gasteiger partial charge in [-0.25, -0.2) is 0 Å². The number of hydrogen-bond acceptors (Lipinski definition) is 4. The molecule has 0 aromatic heterocycles. The predicted molar refractivity (Wildman–Crippen MR) is 123 cm³/mol. The van der Waals surface area contributed by atoms with Crippen molar-refractivity contribution < 1.29 is 14.4 Å². The van der Waals surface area contributed by atoms with E-state index in [2.05, 4.69) is 22.5 Å². The van der Waals surface area contributed by atoms with Gasteiger partial charge in [0.25, 0.3) is 0 Å². The minimum Gasteiger partial charge on any atom is -0.369 e. The van der Waals surface area contributed by atoms with Gasteiger partial charge in [0.1, 0.15) is 6.04 Å². The van der Waals surface area contributed by atoms with Crippen LogP contribution in [0.25, 0.3) is 0 Å². The van der Waals surface area contributed by atoms with Crippen molar-refractivity contribution in [2.24, 2.45) is 11.7 Å². The molecule has 0 aliphatic heterocycles. The maximum atomic E-state index is 12.8. The molecule has 1 aromatic carbocycles. The standard InChI is InChI=1S/C24H36N4O3/c1-17(22(25)30)9-14-21(29)26-20(23(31)27-24(2,3)4)16-19-12-10-18(11-13-19)8-7-15-28(5)6/h10-13,17,20H,9,14-16H2,1-6H3,(H2,25,30)(H,26,29)(H,27,31). The molecule has 1 aromatic rings. The number of nitrogens with two attached hydrogens (primary N) is 1. The average Bonchev–Trinajstić information content (AvgIpc) is 2.65. The van der Waals surface area contributed by atoms with Crippen LogP contribution in [-0.2, 0) is 20.8 Å². The van der Waals surface area contributed by atoms with Gasteiger partial charge in [0.15, 0.2) is 0 Å². The van der Waals surface area contributed by atoms with Crippen molar-refractivity contribution in [3.63, 3.8) is 0 Å². The number of carbonyl (C=O) groups excluding carboxylic acids is 3. The van der Waals surface area contributed by atoms with Gasteiger partial charge < -0.3 is 16.4 Å². The average molecular weight is 429 g/mol. The van der Waals surface area contributed by atoms with E-state index in [1.807, 2.05) is 64.0 Å². The Kier molecular flexibility index (Phi) is 10.2. The summed E-state index contributed by atoms with van der Waals surface area (Å²) in [5.41, 5.74) is 6.64. The highest BCUT2D eigenvalue weighted by atomic mass is 16.2. The van der Waals surface area contributed by atoms with Crippen LogP contribution < -0.4 is 16.4 Å². The minimum absolute atomic E-state index is 0.129. The molecule has 0 fully saturated rings. The SMILES string of the molecule is CC(CCC(=O)NC(Cc1ccc(C#CCN(C)C)cc1)C(=O)NC(C)(C)C)C(N)=O. The van der Waals surface area contributed by atoms with E-state index in [0.717, 1.165) is 11.1 Å². The fraction of sp³-hybridized carbons (Fsp3) is 0.542. The van der Waals surface area contributed by atoms with E-state index in [1.54, 1.807) is 6.92 Å². The van der Waals surface area contributed by atoms with Crippen LogP contribution in [-0.4, -0.2) is 54.8 Å². The highest BCUT2D eigenvalue weighted by molar-refractivity contribution is 5.88. The first-order valence-corrected chi connectivity index (χ1v) is 10.5. The molecule has 7 nitrogen and oxygen atoms in total. The van der Waals surface area contributed by atoms with Crippen LogP contribution in [0.4, 0.5) is 0 Å². The summed E-state index contributed by atoms with van der Waals surface area (Å²) in [4.78, 5) is 38.4. The number of primary amides is 1. The quantitative estimate of drug-likeness (QED) is 0.518. The Bertz CT molecular complexity index is 814. The molecule has 7 heteroatoms. The number of benzene rings is 1. The summed E-state index contributed by atoms with van der Waals surface area (Å²) in [6.45, 7) is 8.03. The molecule has 0 saturated heterocycles. The number of rotatable bonds is 9. The molecule has 4 N–H and O–H groups in total. The normalized spacial score (nSPS) is 13.0. The molecule has 0 heterocycles. The number of amides is 3. The Morgan fingerprint density at radius 1 is 1.13 bits per heavy atom. The number of nitrogens with zero attached hydrogens (tertiary/aromatic N) is 1. The molecule has 31 heavy (non-hydrogen) atoms. The molecule has 0 radical (unpaired) electrons. The van der Waals surface area contributed by atoms with Gasteiger partial charge in [-0.15, -0.1) is 0 Å². The van der Waals surface area contributed by atoms with E-state index in [9.17, 15) is 14.4 Å². The lowest BCUT2D eigenvalue weighted by atomic mass is 10.0. The van der Waals surface area contributed by atoms with E-state index in [4.69, 9.17) is 5.73 Å². The zero-order valence-corrected chi connectivity index (χ0v) is 19.5. The fourth-order valence-electron chi connectivity index (χ4n) is 2.68. The summed E-state index contributed by atoms with van der Waals surface area (Å²) >= 11 is 0. The molecule has 1 rings (SSSR count). The molecular formula is C24H36N4O3. The topological polar surface area (TPSA) is 105 Å². The third kappa shape index (κ3) is 11.2. The number of carbonyl (C=O) groups is 3. The predicted octanol–water partition coefficient (Wildman–Crippen LogP) is 1.44. The summed E-state index contributed by atoms with van der Waals surface area (Å²) in [6.07, 6.45) is 0.823. The van der Waals surface area contributed by atoms with Gasteiger partial charge in [0.05, 0.1) is 6.54 Å². The van der Waals surface area contributed by atoms with Crippen molar-refractivity contribution in [2.75, 3.05) is 20.6 Å². The van der Waals surface area contributed by atoms with Crippen molar-refractivity contribution in [2.45, 2.75) is 58.5 Å². The zero-order chi connectivity index (χ0) is 23.6. The van der Waals surface area contributed by atoms with Gasteiger partial charge in [0, 0.05) is 29.9 Å². The first kappa shape index (κ1) is 26.2. The first-order valence-electron chi connectivity index (χ1n) is 10.5. The lowest BCUT2D eigenvalue weighted by Gasteiger charge is -2.26. The lowest BCUT2D eigenvalue weighted by Crippen LogP contribution is -2.53. The summed E-state index contributed by atoms with van der Waals surface area (Å²) in [5.74, 6) is 4.81. The molecule has 2 unspecified atom stereocenters. The third-order valence-electron chi connectivity index (χ3n) is 4.46. The maximum absolute atomic E-state index is 12.8. The number of nitrogens with one attached hydrogen (secondary N) is 2. The van der Waals surface area contributed by atoms with E-state index in [1.165, 1.54) is 0 Å². The molecule has 0 saturated carbocycles. The summed E-state index contributed by atoms with van der Waals surface area (Å²) in [6, 6.07) is 6.93. The van der Waals surface area contributed by atoms with Crippen molar-refractivity contribution in [1.29, 1.82) is 0 Å². The first-order chi connectivity index (χ1) is 14.4. The van der Waals surface area contributed by atoms with Crippen LogP contribution in [0.5, 0.6) is 0 Å². The van der Waals surface area contributed by atoms with Crippen LogP contribution in [0.3, 0.4) is 0 Å². The van der Waals surface area contributed by atoms with Gasteiger partial charge in [-0.2, -0.15) is 0 Å². The molecule has 170 valence electrons. The zero-order valence-electron chi connectivity index (χ0n) is 19.5. The maximum Gasteiger partial charge on any atom is 0.243 e. The highest BCUT2D eigenvalue weighted by Crippen LogP contribution is 2.10. The van der Waals surface area contributed by atoms with Crippen LogP contribution in [0.15, 0.2) is 24.3 Å². The van der Waals surface area contributed by atoms with Crippen molar-refractivity contribution in [1.82, 2.24) is 15.5 Å². The van der Waals surface area contributed by atoms with Gasteiger partial charge in [-0.3, -0.25) is 19.3 Å². The number of hydrogen-bond donors (Lipinski definition) is 3. The summed E-state index contributed by atoms with van der Waals surface area (Å²) < 4.78 is 0. The minimum atomic E-state index is -0.721. The van der Waals surface area contributed by atoms with Crippen LogP contribution in [0.2, 0.25) is 0 Å². The molecule has 0 spiro atoms. The van der Waals surface area contributed by atoms with E-state index < -0.39 is 23.4 Å². The summed E-state index contributed by atoms with van der Waals surface area (Å²) in [7, 11) is 3.92. The van der Waals surface area contributed by atoms with Crippen molar-refractivity contribution >= 4 is 17.7 Å². The van der Waals surface area contributed by atoms with E-state index in [-0.39, 0.29) is 18.2 Å².